The molecule has 0 fully saturated rings. The van der Waals surface area contributed by atoms with Crippen LogP contribution in [0, 0.1) is 13.8 Å². The number of hydrogen-bond donors (Lipinski definition) is 2. The number of halogens is 2. The lowest BCUT2D eigenvalue weighted by Crippen LogP contribution is -2.24. The third-order valence-corrected chi connectivity index (χ3v) is 8.31. The van der Waals surface area contributed by atoms with E-state index in [1.165, 1.54) is 0 Å². The number of aryl methyl sites for hydroxylation is 2. The van der Waals surface area contributed by atoms with Crippen LogP contribution in [0.5, 0.6) is 0 Å². The van der Waals surface area contributed by atoms with E-state index in [0.717, 1.165) is 32.7 Å². The average molecular weight is 602 g/mol. The van der Waals surface area contributed by atoms with Crippen molar-refractivity contribution in [3.63, 3.8) is 0 Å². The Labute approximate surface area is 227 Å². The number of benzene rings is 2. The van der Waals surface area contributed by atoms with E-state index < -0.39 is 10.0 Å². The first-order chi connectivity index (χ1) is 17.7. The molecule has 12 heteroatoms. The van der Waals surface area contributed by atoms with Crippen molar-refractivity contribution in [2.45, 2.75) is 31.8 Å². The van der Waals surface area contributed by atoms with Crippen LogP contribution in [0.25, 0.3) is 16.9 Å². The maximum Gasteiger partial charge on any atom is 0.246 e. The van der Waals surface area contributed by atoms with E-state index in [9.17, 15) is 8.42 Å². The quantitative estimate of drug-likeness (QED) is 0.241. The minimum Gasteiger partial charge on any atom is -0.366 e. The molecule has 5 aromatic rings. The Kier molecular flexibility index (Phi) is 7.04. The standard InChI is InChI=1S/C25H22BrClN6O3S/c1-15-24(16(2)36-32-15)37(34,35)30-13-18-9-7-17(8-10-18)12-28-23-11-22(19-5-3-4-6-21(19)27)31-25-20(26)14-29-33(23)25/h3-11,14,28,30H,12-13H2,1-2H3. The maximum absolute atomic E-state index is 12.6. The highest BCUT2D eigenvalue weighted by Gasteiger charge is 2.23. The van der Waals surface area contributed by atoms with Crippen LogP contribution in [0.1, 0.15) is 22.6 Å². The number of hydrogen-bond acceptors (Lipinski definition) is 7. The number of fused-ring (bicyclic) bond motifs is 1. The summed E-state index contributed by atoms with van der Waals surface area (Å²) in [6, 6.07) is 17.1. The van der Waals surface area contributed by atoms with Crippen molar-refractivity contribution in [3.8, 4) is 11.3 Å². The van der Waals surface area contributed by atoms with Gasteiger partial charge < -0.3 is 9.84 Å². The highest BCUT2D eigenvalue weighted by Crippen LogP contribution is 2.30. The van der Waals surface area contributed by atoms with Crippen molar-refractivity contribution >= 4 is 49.0 Å². The molecular formula is C25H22BrClN6O3S. The number of rotatable bonds is 8. The number of nitrogens with one attached hydrogen (secondary N) is 2. The molecule has 0 saturated carbocycles. The van der Waals surface area contributed by atoms with Crippen molar-refractivity contribution in [2.75, 3.05) is 5.32 Å². The van der Waals surface area contributed by atoms with Gasteiger partial charge in [-0.1, -0.05) is 59.2 Å². The minimum atomic E-state index is -3.73. The highest BCUT2D eigenvalue weighted by atomic mass is 79.9. The van der Waals surface area contributed by atoms with Gasteiger partial charge in [0.1, 0.15) is 16.4 Å². The Morgan fingerprint density at radius 2 is 1.76 bits per heavy atom. The lowest BCUT2D eigenvalue weighted by atomic mass is 10.1. The first-order valence-corrected chi connectivity index (χ1v) is 13.9. The summed E-state index contributed by atoms with van der Waals surface area (Å²) in [5.74, 6) is 1.01. The smallest absolute Gasteiger partial charge is 0.246 e. The predicted octanol–water partition coefficient (Wildman–Crippen LogP) is 5.51. The fraction of sp³-hybridized carbons (Fsp3) is 0.160. The first kappa shape index (κ1) is 25.4. The Balaban J connectivity index is 1.31. The van der Waals surface area contributed by atoms with Gasteiger partial charge in [0, 0.05) is 29.7 Å². The summed E-state index contributed by atoms with van der Waals surface area (Å²) in [5.41, 5.74) is 4.38. The lowest BCUT2D eigenvalue weighted by molar-refractivity contribution is 0.390. The maximum atomic E-state index is 12.6. The summed E-state index contributed by atoms with van der Waals surface area (Å²) < 4.78 is 35.4. The van der Waals surface area contributed by atoms with Crippen LogP contribution < -0.4 is 10.0 Å². The lowest BCUT2D eigenvalue weighted by Gasteiger charge is -2.12. The van der Waals surface area contributed by atoms with Crippen LogP contribution in [0.2, 0.25) is 5.02 Å². The summed E-state index contributed by atoms with van der Waals surface area (Å²) in [6.45, 7) is 3.84. The zero-order chi connectivity index (χ0) is 26.2. The van der Waals surface area contributed by atoms with Crippen LogP contribution >= 0.6 is 27.5 Å². The molecule has 0 aliphatic rings. The molecule has 3 aromatic heterocycles. The van der Waals surface area contributed by atoms with Crippen molar-refractivity contribution in [3.05, 3.63) is 92.9 Å². The van der Waals surface area contributed by atoms with Gasteiger partial charge >= 0.3 is 0 Å². The molecule has 0 aliphatic carbocycles. The van der Waals surface area contributed by atoms with Crippen LogP contribution in [-0.2, 0) is 23.1 Å². The van der Waals surface area contributed by atoms with Crippen molar-refractivity contribution in [1.82, 2.24) is 24.5 Å². The molecule has 2 aromatic carbocycles. The molecule has 0 amide bonds. The summed E-state index contributed by atoms with van der Waals surface area (Å²) in [5, 5.41) is 12.2. The zero-order valence-electron chi connectivity index (χ0n) is 19.9. The largest absolute Gasteiger partial charge is 0.366 e. The van der Waals surface area contributed by atoms with Gasteiger partial charge in [0.2, 0.25) is 10.0 Å². The molecule has 190 valence electrons. The van der Waals surface area contributed by atoms with Gasteiger partial charge in [-0.25, -0.2) is 18.1 Å². The molecule has 0 atom stereocenters. The average Bonchev–Trinajstić information content (AvgIpc) is 3.43. The molecule has 0 spiro atoms. The van der Waals surface area contributed by atoms with Crippen LogP contribution in [0.15, 0.2) is 74.7 Å². The number of sulfonamides is 1. The first-order valence-electron chi connectivity index (χ1n) is 11.3. The van der Waals surface area contributed by atoms with E-state index in [0.29, 0.717) is 22.9 Å². The summed E-state index contributed by atoms with van der Waals surface area (Å²) in [4.78, 5) is 4.81. The zero-order valence-corrected chi connectivity index (χ0v) is 23.0. The van der Waals surface area contributed by atoms with Gasteiger partial charge in [0.05, 0.1) is 16.4 Å². The van der Waals surface area contributed by atoms with Gasteiger partial charge in [0.25, 0.3) is 0 Å². The van der Waals surface area contributed by atoms with E-state index in [2.05, 4.69) is 36.2 Å². The fourth-order valence-corrected chi connectivity index (χ4v) is 5.87. The van der Waals surface area contributed by atoms with Gasteiger partial charge in [-0.3, -0.25) is 0 Å². The SMILES string of the molecule is Cc1noc(C)c1S(=O)(=O)NCc1ccc(CNc2cc(-c3ccccc3Cl)nc3c(Br)cnn23)cc1. The molecule has 2 N–H and O–H groups in total. The molecule has 0 radical (unpaired) electrons. The number of nitrogens with zero attached hydrogens (tertiary/aromatic N) is 4. The third-order valence-electron chi connectivity index (χ3n) is 5.78. The second-order valence-corrected chi connectivity index (χ2v) is 11.3. The van der Waals surface area contributed by atoms with Crippen molar-refractivity contribution < 1.29 is 12.9 Å². The fourth-order valence-electron chi connectivity index (χ4n) is 3.95. The van der Waals surface area contributed by atoms with Gasteiger partial charge in [-0.15, -0.1) is 0 Å². The Morgan fingerprint density at radius 1 is 1.05 bits per heavy atom. The van der Waals surface area contributed by atoms with Crippen LogP contribution in [0.4, 0.5) is 5.82 Å². The number of anilines is 1. The molecule has 0 aliphatic heterocycles. The molecular weight excluding hydrogens is 580 g/mol. The topological polar surface area (TPSA) is 114 Å². The van der Waals surface area contributed by atoms with Gasteiger partial charge in [0.15, 0.2) is 11.4 Å². The Bertz CT molecular complexity index is 1680. The molecule has 0 bridgehead atoms. The normalized spacial score (nSPS) is 11.8. The van der Waals surface area contributed by atoms with E-state index in [1.54, 1.807) is 24.6 Å². The van der Waals surface area contributed by atoms with E-state index >= 15 is 0 Å². The van der Waals surface area contributed by atoms with Gasteiger partial charge in [-0.05, 0) is 47.0 Å². The predicted molar refractivity (Wildman–Crippen MR) is 145 cm³/mol. The third kappa shape index (κ3) is 5.26. The molecule has 0 saturated heterocycles. The van der Waals surface area contributed by atoms with Crippen LogP contribution in [-0.4, -0.2) is 28.2 Å². The summed E-state index contributed by atoms with van der Waals surface area (Å²) >= 11 is 9.93. The summed E-state index contributed by atoms with van der Waals surface area (Å²) in [7, 11) is -3.73. The van der Waals surface area contributed by atoms with Crippen LogP contribution in [0.3, 0.4) is 0 Å². The second-order valence-electron chi connectivity index (χ2n) is 8.38. The minimum absolute atomic E-state index is 0.0819. The monoisotopic (exact) mass is 600 g/mol. The Morgan fingerprint density at radius 3 is 2.43 bits per heavy atom. The van der Waals surface area contributed by atoms with E-state index in [4.69, 9.17) is 21.1 Å². The molecule has 37 heavy (non-hydrogen) atoms. The van der Waals surface area contributed by atoms with E-state index in [-0.39, 0.29) is 17.2 Å². The highest BCUT2D eigenvalue weighted by molar-refractivity contribution is 9.10. The van der Waals surface area contributed by atoms with Crippen molar-refractivity contribution in [2.24, 2.45) is 0 Å². The van der Waals surface area contributed by atoms with Gasteiger partial charge in [-0.2, -0.15) is 9.61 Å². The number of aromatic nitrogens is 4. The molecule has 3 heterocycles. The second kappa shape index (κ2) is 10.3. The molecule has 9 nitrogen and oxygen atoms in total. The van der Waals surface area contributed by atoms with E-state index in [1.807, 2.05) is 54.6 Å². The molecule has 0 unspecified atom stereocenters. The van der Waals surface area contributed by atoms with Crippen molar-refractivity contribution in [1.29, 1.82) is 0 Å². The Hall–Kier alpha value is -3.25. The molecule has 5 rings (SSSR count). The summed E-state index contributed by atoms with van der Waals surface area (Å²) in [6.07, 6.45) is 1.70.